The second-order valence-corrected chi connectivity index (χ2v) is 7.24. The summed E-state index contributed by atoms with van der Waals surface area (Å²) < 4.78 is 0. The maximum Gasteiger partial charge on any atom is 0.143 e. The van der Waals surface area contributed by atoms with Gasteiger partial charge in [0.1, 0.15) is 17.0 Å². The van der Waals surface area contributed by atoms with Gasteiger partial charge in [-0.15, -0.1) is 11.3 Å². The number of hydrogen-bond donors (Lipinski definition) is 1. The van der Waals surface area contributed by atoms with Crippen LogP contribution in [0, 0.1) is 13.8 Å². The number of aryl methyl sites for hydroxylation is 2. The summed E-state index contributed by atoms with van der Waals surface area (Å²) in [6, 6.07) is 14.2. The molecule has 0 fully saturated rings. The molecule has 5 heteroatoms. The lowest BCUT2D eigenvalue weighted by Gasteiger charge is -2.11. The van der Waals surface area contributed by atoms with E-state index in [0.29, 0.717) is 5.02 Å². The number of benzene rings is 2. The summed E-state index contributed by atoms with van der Waals surface area (Å²) in [5, 5.41) is 7.21. The van der Waals surface area contributed by atoms with E-state index in [-0.39, 0.29) is 0 Å². The summed E-state index contributed by atoms with van der Waals surface area (Å²) >= 11 is 7.92. The molecule has 0 spiro atoms. The van der Waals surface area contributed by atoms with Gasteiger partial charge >= 0.3 is 0 Å². The highest BCUT2D eigenvalue weighted by Gasteiger charge is 2.15. The molecule has 0 bridgehead atoms. The van der Waals surface area contributed by atoms with Gasteiger partial charge in [0.2, 0.25) is 0 Å². The van der Waals surface area contributed by atoms with E-state index in [1.54, 1.807) is 17.7 Å². The first-order valence-electron chi connectivity index (χ1n) is 7.95. The topological polar surface area (TPSA) is 37.8 Å². The predicted molar refractivity (Wildman–Crippen MR) is 107 cm³/mol. The highest BCUT2D eigenvalue weighted by molar-refractivity contribution is 7.17. The maximum absolute atomic E-state index is 6.30. The Morgan fingerprint density at radius 1 is 1.00 bits per heavy atom. The normalized spacial score (nSPS) is 11.0. The van der Waals surface area contributed by atoms with Crippen molar-refractivity contribution in [2.45, 2.75) is 13.8 Å². The molecule has 0 saturated carbocycles. The molecule has 2 aromatic carbocycles. The van der Waals surface area contributed by atoms with Crippen molar-refractivity contribution >= 4 is 44.7 Å². The van der Waals surface area contributed by atoms with Crippen LogP contribution in [0.25, 0.3) is 21.3 Å². The first-order chi connectivity index (χ1) is 12.1. The number of fused-ring (bicyclic) bond motifs is 1. The Labute approximate surface area is 155 Å². The van der Waals surface area contributed by atoms with Gasteiger partial charge in [-0.2, -0.15) is 0 Å². The molecule has 0 atom stereocenters. The van der Waals surface area contributed by atoms with Crippen LogP contribution in [0.1, 0.15) is 11.1 Å². The Morgan fingerprint density at radius 3 is 2.64 bits per heavy atom. The third kappa shape index (κ3) is 2.99. The Morgan fingerprint density at radius 2 is 1.84 bits per heavy atom. The highest BCUT2D eigenvalue weighted by atomic mass is 35.5. The molecule has 0 radical (unpaired) electrons. The van der Waals surface area contributed by atoms with E-state index in [1.165, 1.54) is 16.7 Å². The predicted octanol–water partition coefficient (Wildman–Crippen LogP) is 6.37. The van der Waals surface area contributed by atoms with Gasteiger partial charge in [-0.25, -0.2) is 9.97 Å². The van der Waals surface area contributed by atoms with Gasteiger partial charge in [0, 0.05) is 10.9 Å². The number of halogens is 1. The minimum Gasteiger partial charge on any atom is -0.338 e. The Balaban J connectivity index is 1.89. The second-order valence-electron chi connectivity index (χ2n) is 5.98. The first kappa shape index (κ1) is 16.1. The van der Waals surface area contributed by atoms with E-state index in [9.17, 15) is 0 Å². The summed E-state index contributed by atoms with van der Waals surface area (Å²) in [5.74, 6) is 0.773. The monoisotopic (exact) mass is 365 g/mol. The first-order valence-corrected chi connectivity index (χ1v) is 9.20. The molecule has 0 aliphatic carbocycles. The van der Waals surface area contributed by atoms with Crippen LogP contribution in [0.2, 0.25) is 5.02 Å². The van der Waals surface area contributed by atoms with E-state index in [0.717, 1.165) is 27.3 Å². The Hall–Kier alpha value is -2.43. The van der Waals surface area contributed by atoms with Crippen LogP contribution in [-0.4, -0.2) is 9.97 Å². The van der Waals surface area contributed by atoms with E-state index < -0.39 is 0 Å². The minimum atomic E-state index is 0.664. The molecule has 124 valence electrons. The number of rotatable bonds is 3. The molecule has 0 unspecified atom stereocenters. The van der Waals surface area contributed by atoms with Crippen molar-refractivity contribution in [3.63, 3.8) is 0 Å². The number of nitrogens with zero attached hydrogens (tertiary/aromatic N) is 2. The van der Waals surface area contributed by atoms with Crippen LogP contribution >= 0.6 is 22.9 Å². The molecule has 2 aromatic heterocycles. The number of nitrogens with one attached hydrogen (secondary N) is 1. The number of thiophene rings is 1. The van der Waals surface area contributed by atoms with Crippen molar-refractivity contribution in [2.75, 3.05) is 5.32 Å². The molecule has 0 saturated heterocycles. The lowest BCUT2D eigenvalue weighted by atomic mass is 9.99. The van der Waals surface area contributed by atoms with Gasteiger partial charge in [0.25, 0.3) is 0 Å². The molecular weight excluding hydrogens is 350 g/mol. The zero-order chi connectivity index (χ0) is 17.4. The number of para-hydroxylation sites is 1. The van der Waals surface area contributed by atoms with E-state index in [4.69, 9.17) is 11.6 Å². The van der Waals surface area contributed by atoms with Gasteiger partial charge in [-0.3, -0.25) is 0 Å². The molecule has 25 heavy (non-hydrogen) atoms. The van der Waals surface area contributed by atoms with Gasteiger partial charge < -0.3 is 5.32 Å². The van der Waals surface area contributed by atoms with Crippen LogP contribution in [0.4, 0.5) is 11.5 Å². The second kappa shape index (κ2) is 6.47. The van der Waals surface area contributed by atoms with E-state index in [1.807, 2.05) is 24.3 Å². The SMILES string of the molecule is Cc1ccc(-c2csc3ncnc(Nc4ccccc4Cl)c23)c(C)c1. The summed E-state index contributed by atoms with van der Waals surface area (Å²) in [7, 11) is 0. The number of hydrogen-bond acceptors (Lipinski definition) is 4. The molecule has 0 aliphatic rings. The lowest BCUT2D eigenvalue weighted by molar-refractivity contribution is 1.23. The summed E-state index contributed by atoms with van der Waals surface area (Å²) in [4.78, 5) is 9.87. The molecule has 4 aromatic rings. The van der Waals surface area contributed by atoms with Crippen molar-refractivity contribution < 1.29 is 0 Å². The quantitative estimate of drug-likeness (QED) is 0.458. The van der Waals surface area contributed by atoms with E-state index >= 15 is 0 Å². The number of aromatic nitrogens is 2. The molecule has 0 amide bonds. The molecule has 3 nitrogen and oxygen atoms in total. The zero-order valence-corrected chi connectivity index (χ0v) is 15.4. The minimum absolute atomic E-state index is 0.664. The van der Waals surface area contributed by atoms with Crippen LogP contribution in [-0.2, 0) is 0 Å². The molecule has 0 aliphatic heterocycles. The summed E-state index contributed by atoms with van der Waals surface area (Å²) in [6.45, 7) is 4.24. The van der Waals surface area contributed by atoms with Crippen molar-refractivity contribution in [3.05, 3.63) is 70.3 Å². The number of anilines is 2. The molecule has 1 N–H and O–H groups in total. The van der Waals surface area contributed by atoms with Gasteiger partial charge in [-0.1, -0.05) is 47.5 Å². The van der Waals surface area contributed by atoms with Crippen molar-refractivity contribution in [2.24, 2.45) is 0 Å². The maximum atomic E-state index is 6.30. The standard InChI is InChI=1S/C20H16ClN3S/c1-12-7-8-14(13(2)9-12)15-10-25-20-18(15)19(22-11-23-20)24-17-6-4-3-5-16(17)21/h3-11H,1-2H3,(H,22,23,24). The van der Waals surface area contributed by atoms with Crippen LogP contribution in [0.3, 0.4) is 0 Å². The zero-order valence-electron chi connectivity index (χ0n) is 13.9. The average molecular weight is 366 g/mol. The largest absolute Gasteiger partial charge is 0.338 e. The van der Waals surface area contributed by atoms with E-state index in [2.05, 4.69) is 52.7 Å². The third-order valence-electron chi connectivity index (χ3n) is 4.17. The van der Waals surface area contributed by atoms with Crippen molar-refractivity contribution in [3.8, 4) is 11.1 Å². The summed E-state index contributed by atoms with van der Waals surface area (Å²) in [6.07, 6.45) is 1.59. The Kier molecular flexibility index (Phi) is 4.15. The summed E-state index contributed by atoms with van der Waals surface area (Å²) in [5.41, 5.74) is 5.68. The van der Waals surface area contributed by atoms with Gasteiger partial charge in [0.15, 0.2) is 0 Å². The van der Waals surface area contributed by atoms with Gasteiger partial charge in [-0.05, 0) is 37.1 Å². The fourth-order valence-corrected chi connectivity index (χ4v) is 4.06. The average Bonchev–Trinajstić information content (AvgIpc) is 3.02. The molecular formula is C20H16ClN3S. The van der Waals surface area contributed by atoms with Crippen LogP contribution < -0.4 is 5.32 Å². The highest BCUT2D eigenvalue weighted by Crippen LogP contribution is 2.39. The molecule has 4 rings (SSSR count). The van der Waals surface area contributed by atoms with Gasteiger partial charge in [0.05, 0.1) is 16.1 Å². The molecule has 2 heterocycles. The Bertz CT molecular complexity index is 1070. The lowest BCUT2D eigenvalue weighted by Crippen LogP contribution is -1.96. The van der Waals surface area contributed by atoms with Crippen molar-refractivity contribution in [1.29, 1.82) is 0 Å². The fourth-order valence-electron chi connectivity index (χ4n) is 2.97. The third-order valence-corrected chi connectivity index (χ3v) is 5.39. The van der Waals surface area contributed by atoms with Crippen molar-refractivity contribution in [1.82, 2.24) is 9.97 Å². The smallest absolute Gasteiger partial charge is 0.143 e. The van der Waals surface area contributed by atoms with Crippen LogP contribution in [0.5, 0.6) is 0 Å². The fraction of sp³-hybridized carbons (Fsp3) is 0.100. The van der Waals surface area contributed by atoms with Crippen LogP contribution in [0.15, 0.2) is 54.2 Å².